The zero-order chi connectivity index (χ0) is 13.7. The van der Waals surface area contributed by atoms with Gasteiger partial charge in [0, 0.05) is 12.1 Å². The Labute approximate surface area is 112 Å². The Balaban J connectivity index is 1.92. The van der Waals surface area contributed by atoms with Crippen LogP contribution in [0.25, 0.3) is 0 Å². The number of carbonyl (C=O) groups excluding carboxylic acids is 1. The molecule has 0 aliphatic carbocycles. The molecule has 98 valence electrons. The van der Waals surface area contributed by atoms with Gasteiger partial charge >= 0.3 is 0 Å². The molecule has 0 aliphatic heterocycles. The van der Waals surface area contributed by atoms with Gasteiger partial charge in [-0.15, -0.1) is 0 Å². The molecule has 0 radical (unpaired) electrons. The fourth-order valence-electron chi connectivity index (χ4n) is 1.79. The summed E-state index contributed by atoms with van der Waals surface area (Å²) in [5.74, 6) is -0.171. The van der Waals surface area contributed by atoms with Crippen molar-refractivity contribution in [3.63, 3.8) is 0 Å². The smallest absolute Gasteiger partial charge is 0.251 e. The summed E-state index contributed by atoms with van der Waals surface area (Å²) >= 11 is 0. The normalized spacial score (nSPS) is 11.9. The molecule has 0 aliphatic rings. The summed E-state index contributed by atoms with van der Waals surface area (Å²) in [4.78, 5) is 11.9. The van der Waals surface area contributed by atoms with Crippen LogP contribution < -0.4 is 5.32 Å². The van der Waals surface area contributed by atoms with Crippen LogP contribution in [0.4, 0.5) is 0 Å². The summed E-state index contributed by atoms with van der Waals surface area (Å²) in [6.07, 6.45) is -0.685. The summed E-state index contributed by atoms with van der Waals surface area (Å²) in [6.45, 7) is 2.18. The monoisotopic (exact) mass is 255 g/mol. The van der Waals surface area contributed by atoms with Crippen molar-refractivity contribution < 1.29 is 9.90 Å². The van der Waals surface area contributed by atoms with E-state index in [0.717, 1.165) is 11.1 Å². The lowest BCUT2D eigenvalue weighted by molar-refractivity contribution is 0.0916. The second-order valence-electron chi connectivity index (χ2n) is 4.50. The average molecular weight is 255 g/mol. The molecule has 0 aromatic heterocycles. The van der Waals surface area contributed by atoms with Gasteiger partial charge in [0.1, 0.15) is 0 Å². The predicted octanol–water partition coefficient (Wildman–Crippen LogP) is 2.46. The van der Waals surface area contributed by atoms with Crippen LogP contribution in [0.1, 0.15) is 27.6 Å². The summed E-state index contributed by atoms with van der Waals surface area (Å²) in [6, 6.07) is 16.6. The van der Waals surface area contributed by atoms with Crippen molar-refractivity contribution >= 4 is 5.91 Å². The fourth-order valence-corrected chi connectivity index (χ4v) is 1.79. The van der Waals surface area contributed by atoms with Crippen LogP contribution in [0.15, 0.2) is 54.6 Å². The first kappa shape index (κ1) is 13.3. The Morgan fingerprint density at radius 2 is 1.74 bits per heavy atom. The largest absolute Gasteiger partial charge is 0.387 e. The Kier molecular flexibility index (Phi) is 4.31. The van der Waals surface area contributed by atoms with Crippen LogP contribution in [0, 0.1) is 6.92 Å². The minimum absolute atomic E-state index is 0.171. The Morgan fingerprint density at radius 1 is 1.11 bits per heavy atom. The lowest BCUT2D eigenvalue weighted by Crippen LogP contribution is -2.28. The van der Waals surface area contributed by atoms with Crippen molar-refractivity contribution in [2.24, 2.45) is 0 Å². The van der Waals surface area contributed by atoms with Gasteiger partial charge < -0.3 is 10.4 Å². The molecule has 0 spiro atoms. The third-order valence-electron chi connectivity index (χ3n) is 2.95. The summed E-state index contributed by atoms with van der Waals surface area (Å²) in [5.41, 5.74) is 2.51. The molecule has 2 aromatic rings. The summed E-state index contributed by atoms with van der Waals surface area (Å²) in [5, 5.41) is 12.7. The van der Waals surface area contributed by atoms with Crippen molar-refractivity contribution in [2.45, 2.75) is 13.0 Å². The van der Waals surface area contributed by atoms with Crippen LogP contribution in [0.5, 0.6) is 0 Å². The number of aryl methyl sites for hydroxylation is 1. The van der Waals surface area contributed by atoms with E-state index in [1.54, 1.807) is 12.1 Å². The molecule has 0 bridgehead atoms. The van der Waals surface area contributed by atoms with Crippen LogP contribution in [-0.4, -0.2) is 17.6 Å². The van der Waals surface area contributed by atoms with E-state index in [9.17, 15) is 9.90 Å². The zero-order valence-electron chi connectivity index (χ0n) is 10.8. The maximum absolute atomic E-state index is 11.9. The Hall–Kier alpha value is -2.13. The van der Waals surface area contributed by atoms with Crippen molar-refractivity contribution in [1.29, 1.82) is 0 Å². The Morgan fingerprint density at radius 3 is 2.37 bits per heavy atom. The molecule has 0 fully saturated rings. The second-order valence-corrected chi connectivity index (χ2v) is 4.50. The van der Waals surface area contributed by atoms with Crippen molar-refractivity contribution in [3.05, 3.63) is 71.3 Å². The minimum atomic E-state index is -0.685. The highest BCUT2D eigenvalue weighted by Crippen LogP contribution is 2.11. The lowest BCUT2D eigenvalue weighted by atomic mass is 10.1. The molecule has 19 heavy (non-hydrogen) atoms. The van der Waals surface area contributed by atoms with Gasteiger partial charge in [0.25, 0.3) is 5.91 Å². The minimum Gasteiger partial charge on any atom is -0.387 e. The van der Waals surface area contributed by atoms with Crippen molar-refractivity contribution in [2.75, 3.05) is 6.54 Å². The number of rotatable bonds is 4. The molecule has 0 saturated heterocycles. The molecule has 1 amide bonds. The van der Waals surface area contributed by atoms with Gasteiger partial charge in [-0.2, -0.15) is 0 Å². The molecule has 2 N–H and O–H groups in total. The van der Waals surface area contributed by atoms with E-state index >= 15 is 0 Å². The summed E-state index contributed by atoms with van der Waals surface area (Å²) < 4.78 is 0. The van der Waals surface area contributed by atoms with Crippen molar-refractivity contribution in [3.8, 4) is 0 Å². The quantitative estimate of drug-likeness (QED) is 0.881. The third kappa shape index (κ3) is 3.66. The number of nitrogens with one attached hydrogen (secondary N) is 1. The average Bonchev–Trinajstić information content (AvgIpc) is 2.46. The highest BCUT2D eigenvalue weighted by Gasteiger charge is 2.10. The Bertz CT molecular complexity index is 534. The van der Waals surface area contributed by atoms with E-state index in [1.807, 2.05) is 49.4 Å². The zero-order valence-corrected chi connectivity index (χ0v) is 10.8. The van der Waals surface area contributed by atoms with Gasteiger partial charge in [0.15, 0.2) is 0 Å². The van der Waals surface area contributed by atoms with E-state index in [2.05, 4.69) is 5.32 Å². The molecular weight excluding hydrogens is 238 g/mol. The van der Waals surface area contributed by atoms with Gasteiger partial charge in [0.2, 0.25) is 0 Å². The highest BCUT2D eigenvalue weighted by atomic mass is 16.3. The van der Waals surface area contributed by atoms with E-state index in [0.29, 0.717) is 5.56 Å². The molecule has 0 unspecified atom stereocenters. The van der Waals surface area contributed by atoms with Gasteiger partial charge in [0.05, 0.1) is 6.10 Å². The van der Waals surface area contributed by atoms with Crippen LogP contribution in [0.3, 0.4) is 0 Å². The molecule has 2 rings (SSSR count). The first-order valence-corrected chi connectivity index (χ1v) is 6.24. The first-order chi connectivity index (χ1) is 9.16. The summed E-state index contributed by atoms with van der Waals surface area (Å²) in [7, 11) is 0. The molecular formula is C16H17NO2. The molecule has 3 heteroatoms. The van der Waals surface area contributed by atoms with Crippen LogP contribution in [-0.2, 0) is 0 Å². The number of benzene rings is 2. The number of carbonyl (C=O) groups is 1. The van der Waals surface area contributed by atoms with E-state index < -0.39 is 6.10 Å². The highest BCUT2D eigenvalue weighted by molar-refractivity contribution is 5.94. The number of hydrogen-bond acceptors (Lipinski definition) is 2. The number of amides is 1. The van der Waals surface area contributed by atoms with Crippen LogP contribution >= 0.6 is 0 Å². The number of aliphatic hydroxyl groups is 1. The first-order valence-electron chi connectivity index (χ1n) is 6.24. The maximum atomic E-state index is 11.9. The van der Waals surface area contributed by atoms with Gasteiger partial charge in [-0.05, 0) is 24.6 Å². The van der Waals surface area contributed by atoms with Gasteiger partial charge in [-0.3, -0.25) is 4.79 Å². The molecule has 0 saturated carbocycles. The lowest BCUT2D eigenvalue weighted by Gasteiger charge is -2.12. The van der Waals surface area contributed by atoms with Gasteiger partial charge in [-0.1, -0.05) is 48.0 Å². The predicted molar refractivity (Wildman–Crippen MR) is 74.9 cm³/mol. The van der Waals surface area contributed by atoms with E-state index in [4.69, 9.17) is 0 Å². The molecule has 2 aromatic carbocycles. The van der Waals surface area contributed by atoms with Crippen LogP contribution in [0.2, 0.25) is 0 Å². The van der Waals surface area contributed by atoms with E-state index in [-0.39, 0.29) is 12.5 Å². The third-order valence-corrected chi connectivity index (χ3v) is 2.95. The van der Waals surface area contributed by atoms with Crippen molar-refractivity contribution in [1.82, 2.24) is 5.32 Å². The second kappa shape index (κ2) is 6.16. The van der Waals surface area contributed by atoms with E-state index in [1.165, 1.54) is 0 Å². The molecule has 1 atom stereocenters. The molecule has 0 heterocycles. The standard InChI is InChI=1S/C16H17NO2/c1-12-7-9-14(10-8-12)16(19)17-11-15(18)13-5-3-2-4-6-13/h2-10,15,18H,11H2,1H3,(H,17,19)/t15-/m0/s1. The number of hydrogen-bond donors (Lipinski definition) is 2. The number of aliphatic hydroxyl groups excluding tert-OH is 1. The topological polar surface area (TPSA) is 49.3 Å². The SMILES string of the molecule is Cc1ccc(C(=O)NC[C@H](O)c2ccccc2)cc1. The maximum Gasteiger partial charge on any atom is 0.251 e. The fraction of sp³-hybridized carbons (Fsp3) is 0.188. The molecule has 3 nitrogen and oxygen atoms in total. The van der Waals surface area contributed by atoms with Gasteiger partial charge in [-0.25, -0.2) is 0 Å².